The molecule has 12 aromatic rings. The lowest BCUT2D eigenvalue weighted by atomic mass is 9.97. The average molecular weight is 829 g/mol. The van der Waals surface area contributed by atoms with Gasteiger partial charge in [0.1, 0.15) is 22.5 Å². The summed E-state index contributed by atoms with van der Waals surface area (Å²) in [7, 11) is 0. The number of allylic oxidation sites excluding steroid dienone is 1. The van der Waals surface area contributed by atoms with Crippen LogP contribution in [0.4, 0.5) is 0 Å². The Labute approximate surface area is 372 Å². The highest BCUT2D eigenvalue weighted by molar-refractivity contribution is 6.13. The number of fused-ring (bicyclic) bond motifs is 10. The van der Waals surface area contributed by atoms with Crippen LogP contribution in [0, 0.1) is 12.8 Å². The smallest absolute Gasteiger partial charge is 0.135 e. The molecule has 0 aliphatic rings. The van der Waals surface area contributed by atoms with Gasteiger partial charge in [0.15, 0.2) is 0 Å². The van der Waals surface area contributed by atoms with Gasteiger partial charge in [0.2, 0.25) is 0 Å². The molecule has 64 heavy (non-hydrogen) atoms. The summed E-state index contributed by atoms with van der Waals surface area (Å²) < 4.78 is 17.3. The van der Waals surface area contributed by atoms with E-state index in [1.807, 2.05) is 0 Å². The number of nitrogens with zero attached hydrogens (tertiary/aromatic N) is 2. The topological polar surface area (TPSA) is 36.1 Å². The summed E-state index contributed by atoms with van der Waals surface area (Å²) in [6.45, 7) is 8.81. The molecule has 0 saturated carbocycles. The van der Waals surface area contributed by atoms with Gasteiger partial charge < -0.3 is 18.0 Å². The molecule has 0 bridgehead atoms. The molecule has 0 amide bonds. The van der Waals surface area contributed by atoms with E-state index in [1.165, 1.54) is 88.6 Å². The van der Waals surface area contributed by atoms with Crippen molar-refractivity contribution in [2.75, 3.05) is 0 Å². The highest BCUT2D eigenvalue weighted by Crippen LogP contribution is 2.40. The van der Waals surface area contributed by atoms with Gasteiger partial charge in [-0.05, 0) is 144 Å². The van der Waals surface area contributed by atoms with E-state index in [9.17, 15) is 0 Å². The Balaban J connectivity index is 0.958. The molecule has 4 aromatic heterocycles. The van der Waals surface area contributed by atoms with E-state index < -0.39 is 0 Å². The molecule has 4 nitrogen and oxygen atoms in total. The molecule has 1 unspecified atom stereocenters. The standard InChI is InChI=1S/C60H48N2O2/c1-5-7-15-46-38(4)63-58-28-23-42(34-52(46)58)40-21-25-56-49(32-40)47-16-8-10-18-54(47)61(56)44-13-12-14-45(36-44)62-55-19-11-9-17-48(55)50-33-41(22-26-57(50)62)43-24-29-60-53(35-43)51-31-39(30-37(3)6-2)20-27-59(51)64-60/h7-29,31-37H,5-6,30H2,1-4H3/b15-7-. The van der Waals surface area contributed by atoms with Gasteiger partial charge in [-0.15, -0.1) is 0 Å². The van der Waals surface area contributed by atoms with Crippen LogP contribution in [-0.4, -0.2) is 9.13 Å². The Bertz CT molecular complexity index is 3830. The largest absolute Gasteiger partial charge is 0.461 e. The molecule has 1 atom stereocenters. The molecular formula is C60H48N2O2. The van der Waals surface area contributed by atoms with E-state index in [1.54, 1.807) is 0 Å². The minimum absolute atomic E-state index is 0.646. The minimum Gasteiger partial charge on any atom is -0.461 e. The first kappa shape index (κ1) is 38.1. The van der Waals surface area contributed by atoms with Crippen molar-refractivity contribution in [2.45, 2.75) is 47.0 Å². The fourth-order valence-corrected chi connectivity index (χ4v) is 10.2. The fourth-order valence-electron chi connectivity index (χ4n) is 10.2. The summed E-state index contributed by atoms with van der Waals surface area (Å²) in [5.74, 6) is 1.60. The molecule has 0 N–H and O–H groups in total. The number of benzene rings is 8. The SMILES string of the molecule is CC/C=C\c1c(C)oc2ccc(-c3ccc4c(c3)c3ccccc3n4-c3cccc(-n4c5ccccc5c5cc(-c6ccc7oc8ccc(CC(C)CC)cc8c7c6)ccc54)c3)cc12. The van der Waals surface area contributed by atoms with Crippen LogP contribution in [0.1, 0.15) is 50.5 Å². The fraction of sp³-hybridized carbons (Fsp3) is 0.133. The number of aromatic nitrogens is 2. The summed E-state index contributed by atoms with van der Waals surface area (Å²) in [6.07, 6.45) is 7.63. The molecule has 0 aliphatic carbocycles. The zero-order valence-electron chi connectivity index (χ0n) is 36.7. The molecule has 0 aliphatic heterocycles. The van der Waals surface area contributed by atoms with Gasteiger partial charge in [-0.1, -0.05) is 112 Å². The second kappa shape index (κ2) is 15.1. The summed E-state index contributed by atoms with van der Waals surface area (Å²) in [4.78, 5) is 0. The van der Waals surface area contributed by atoms with E-state index in [0.29, 0.717) is 5.92 Å². The predicted molar refractivity (Wildman–Crippen MR) is 270 cm³/mol. The van der Waals surface area contributed by atoms with Gasteiger partial charge in [-0.3, -0.25) is 0 Å². The molecule has 0 spiro atoms. The van der Waals surface area contributed by atoms with E-state index in [0.717, 1.165) is 57.7 Å². The van der Waals surface area contributed by atoms with Crippen molar-refractivity contribution in [3.8, 4) is 33.6 Å². The third-order valence-corrected chi connectivity index (χ3v) is 13.6. The Morgan fingerprint density at radius 2 is 0.969 bits per heavy atom. The first-order valence-electron chi connectivity index (χ1n) is 22.8. The van der Waals surface area contributed by atoms with Crippen molar-refractivity contribution in [1.82, 2.24) is 9.13 Å². The number of hydrogen-bond acceptors (Lipinski definition) is 2. The van der Waals surface area contributed by atoms with E-state index in [2.05, 4.69) is 213 Å². The third-order valence-electron chi connectivity index (χ3n) is 13.6. The lowest BCUT2D eigenvalue weighted by molar-refractivity contribution is 0.560. The van der Waals surface area contributed by atoms with E-state index >= 15 is 0 Å². The van der Waals surface area contributed by atoms with Crippen molar-refractivity contribution >= 4 is 82.6 Å². The highest BCUT2D eigenvalue weighted by Gasteiger charge is 2.19. The van der Waals surface area contributed by atoms with Crippen LogP contribution >= 0.6 is 0 Å². The lowest BCUT2D eigenvalue weighted by Gasteiger charge is -2.13. The van der Waals surface area contributed by atoms with Crippen LogP contribution in [0.3, 0.4) is 0 Å². The Morgan fingerprint density at radius 1 is 0.469 bits per heavy atom. The van der Waals surface area contributed by atoms with Gasteiger partial charge in [0, 0.05) is 54.6 Å². The Hall–Kier alpha value is -7.56. The molecule has 0 saturated heterocycles. The maximum atomic E-state index is 6.33. The van der Waals surface area contributed by atoms with E-state index in [-0.39, 0.29) is 0 Å². The monoisotopic (exact) mass is 828 g/mol. The second-order valence-corrected chi connectivity index (χ2v) is 17.6. The van der Waals surface area contributed by atoms with Crippen molar-refractivity contribution in [2.24, 2.45) is 5.92 Å². The highest BCUT2D eigenvalue weighted by atomic mass is 16.3. The van der Waals surface area contributed by atoms with Gasteiger partial charge >= 0.3 is 0 Å². The van der Waals surface area contributed by atoms with Crippen molar-refractivity contribution in [3.05, 3.63) is 187 Å². The maximum Gasteiger partial charge on any atom is 0.135 e. The first-order chi connectivity index (χ1) is 31.4. The summed E-state index contributed by atoms with van der Waals surface area (Å²) in [5, 5.41) is 8.42. The zero-order valence-corrected chi connectivity index (χ0v) is 36.7. The number of para-hydroxylation sites is 2. The normalized spacial score (nSPS) is 12.8. The number of hydrogen-bond donors (Lipinski definition) is 0. The van der Waals surface area contributed by atoms with Crippen LogP contribution in [0.15, 0.2) is 179 Å². The van der Waals surface area contributed by atoms with Gasteiger partial charge in [0.05, 0.1) is 22.1 Å². The first-order valence-corrected chi connectivity index (χ1v) is 22.8. The molecule has 0 radical (unpaired) electrons. The molecular weight excluding hydrogens is 781 g/mol. The quantitative estimate of drug-likeness (QED) is 0.145. The minimum atomic E-state index is 0.646. The summed E-state index contributed by atoms with van der Waals surface area (Å²) in [5.41, 5.74) is 17.0. The van der Waals surface area contributed by atoms with Crippen LogP contribution in [0.5, 0.6) is 0 Å². The van der Waals surface area contributed by atoms with Crippen LogP contribution in [-0.2, 0) is 6.42 Å². The Morgan fingerprint density at radius 3 is 1.56 bits per heavy atom. The maximum absolute atomic E-state index is 6.33. The molecule has 310 valence electrons. The summed E-state index contributed by atoms with van der Waals surface area (Å²) in [6, 6.07) is 60.4. The molecule has 4 heterocycles. The van der Waals surface area contributed by atoms with Gasteiger partial charge in [-0.2, -0.15) is 0 Å². The number of rotatable bonds is 9. The van der Waals surface area contributed by atoms with Crippen LogP contribution in [0.2, 0.25) is 0 Å². The zero-order chi connectivity index (χ0) is 43.1. The van der Waals surface area contributed by atoms with E-state index in [4.69, 9.17) is 8.83 Å². The summed E-state index contributed by atoms with van der Waals surface area (Å²) >= 11 is 0. The van der Waals surface area contributed by atoms with Crippen LogP contribution < -0.4 is 0 Å². The average Bonchev–Trinajstić information content (AvgIpc) is 4.06. The lowest BCUT2D eigenvalue weighted by Crippen LogP contribution is -1.98. The van der Waals surface area contributed by atoms with Crippen molar-refractivity contribution in [3.63, 3.8) is 0 Å². The Kier molecular flexibility index (Phi) is 8.98. The molecule has 12 rings (SSSR count). The predicted octanol–water partition coefficient (Wildman–Crippen LogP) is 17.2. The molecule has 0 fully saturated rings. The second-order valence-electron chi connectivity index (χ2n) is 17.6. The molecule has 4 heteroatoms. The van der Waals surface area contributed by atoms with Crippen LogP contribution in [0.25, 0.3) is 116 Å². The van der Waals surface area contributed by atoms with Crippen molar-refractivity contribution < 1.29 is 8.83 Å². The van der Waals surface area contributed by atoms with Crippen molar-refractivity contribution in [1.29, 1.82) is 0 Å². The van der Waals surface area contributed by atoms with Gasteiger partial charge in [-0.25, -0.2) is 0 Å². The molecule has 8 aromatic carbocycles. The van der Waals surface area contributed by atoms with Gasteiger partial charge in [0.25, 0.3) is 0 Å². The number of aryl methyl sites for hydroxylation is 1. The third kappa shape index (κ3) is 6.12. The number of furan rings is 2.